The van der Waals surface area contributed by atoms with Gasteiger partial charge in [0.15, 0.2) is 23.1 Å². The molecule has 0 fully saturated rings. The van der Waals surface area contributed by atoms with E-state index in [0.717, 1.165) is 99.2 Å². The number of anilines is 3. The molecule has 0 radical (unpaired) electrons. The van der Waals surface area contributed by atoms with E-state index < -0.39 is 0 Å². The Labute approximate surface area is 338 Å². The van der Waals surface area contributed by atoms with Gasteiger partial charge in [-0.15, -0.1) is 0 Å². The number of para-hydroxylation sites is 3. The number of hydrogen-bond donors (Lipinski definition) is 0. The zero-order valence-corrected chi connectivity index (χ0v) is 31.6. The second-order valence-corrected chi connectivity index (χ2v) is 14.8. The van der Waals surface area contributed by atoms with Gasteiger partial charge >= 0.3 is 0 Å². The van der Waals surface area contributed by atoms with Gasteiger partial charge in [0.05, 0.1) is 11.4 Å². The van der Waals surface area contributed by atoms with Gasteiger partial charge in [-0.2, -0.15) is 0 Å². The Morgan fingerprint density at radius 2 is 1.00 bits per heavy atom. The van der Waals surface area contributed by atoms with Crippen LogP contribution in [-0.2, 0) is 0 Å². The summed E-state index contributed by atoms with van der Waals surface area (Å²) in [6.07, 6.45) is 0. The van der Waals surface area contributed by atoms with Crippen LogP contribution < -0.4 is 4.90 Å². The average Bonchev–Trinajstić information content (AvgIpc) is 3.89. The Bertz CT molecular complexity index is 3570. The van der Waals surface area contributed by atoms with Gasteiger partial charge in [-0.1, -0.05) is 152 Å². The van der Waals surface area contributed by atoms with Crippen molar-refractivity contribution in [3.63, 3.8) is 0 Å². The van der Waals surface area contributed by atoms with Crippen LogP contribution in [0.1, 0.15) is 0 Å². The van der Waals surface area contributed by atoms with Crippen molar-refractivity contribution in [1.82, 2.24) is 15.0 Å². The molecule has 0 saturated carbocycles. The molecule has 276 valence electrons. The smallest absolute Gasteiger partial charge is 0.164 e. The Morgan fingerprint density at radius 3 is 1.85 bits per heavy atom. The SMILES string of the molecule is c1ccc(-c2nc(-c3ccc4ccccc4c3)nc(-c3cccc4oc5cc(N(c6ccccc6)c6cccc7c6oc6ccccc67)c6ccccc6c5c34)n2)cc1. The highest BCUT2D eigenvalue weighted by Crippen LogP contribution is 2.48. The quantitative estimate of drug-likeness (QED) is 0.168. The van der Waals surface area contributed by atoms with Crippen molar-refractivity contribution < 1.29 is 8.83 Å². The van der Waals surface area contributed by atoms with Gasteiger partial charge in [-0.05, 0) is 52.6 Å². The highest BCUT2D eigenvalue weighted by molar-refractivity contribution is 6.25. The molecule has 0 aliphatic rings. The van der Waals surface area contributed by atoms with E-state index in [2.05, 4.69) is 138 Å². The van der Waals surface area contributed by atoms with Crippen LogP contribution in [0.2, 0.25) is 0 Å². The zero-order valence-electron chi connectivity index (χ0n) is 31.6. The number of nitrogens with zero attached hydrogens (tertiary/aromatic N) is 4. The third-order valence-electron chi connectivity index (χ3n) is 11.3. The summed E-state index contributed by atoms with van der Waals surface area (Å²) in [6.45, 7) is 0. The maximum absolute atomic E-state index is 6.88. The van der Waals surface area contributed by atoms with Crippen molar-refractivity contribution in [3.05, 3.63) is 194 Å². The molecule has 0 amide bonds. The lowest BCUT2D eigenvalue weighted by atomic mass is 9.98. The van der Waals surface area contributed by atoms with Crippen LogP contribution in [0.5, 0.6) is 0 Å². The Kier molecular flexibility index (Phi) is 7.43. The van der Waals surface area contributed by atoms with Crippen LogP contribution >= 0.6 is 0 Å². The Morgan fingerprint density at radius 1 is 0.356 bits per heavy atom. The highest BCUT2D eigenvalue weighted by atomic mass is 16.3. The van der Waals surface area contributed by atoms with Crippen LogP contribution in [0.4, 0.5) is 17.1 Å². The fourth-order valence-electron chi connectivity index (χ4n) is 8.60. The molecule has 6 heteroatoms. The molecule has 0 unspecified atom stereocenters. The Hall–Kier alpha value is -8.09. The molecule has 9 aromatic carbocycles. The first-order valence-electron chi connectivity index (χ1n) is 19.7. The van der Waals surface area contributed by atoms with Crippen molar-refractivity contribution in [2.45, 2.75) is 0 Å². The predicted molar refractivity (Wildman–Crippen MR) is 240 cm³/mol. The third-order valence-corrected chi connectivity index (χ3v) is 11.3. The van der Waals surface area contributed by atoms with Crippen molar-refractivity contribution in [3.8, 4) is 34.2 Å². The molecule has 0 aliphatic carbocycles. The summed E-state index contributed by atoms with van der Waals surface area (Å²) in [6, 6.07) is 66.7. The summed E-state index contributed by atoms with van der Waals surface area (Å²) in [4.78, 5) is 17.7. The fourth-order valence-corrected chi connectivity index (χ4v) is 8.60. The molecule has 0 spiro atoms. The number of benzene rings is 9. The van der Waals surface area contributed by atoms with Gasteiger partial charge in [-0.3, -0.25) is 0 Å². The van der Waals surface area contributed by atoms with Crippen LogP contribution in [0, 0.1) is 0 Å². The molecule has 0 bridgehead atoms. The Balaban J connectivity index is 1.12. The summed E-state index contributed by atoms with van der Waals surface area (Å²) in [5.74, 6) is 1.79. The zero-order chi connectivity index (χ0) is 38.9. The number of hydrogen-bond acceptors (Lipinski definition) is 6. The van der Waals surface area contributed by atoms with Crippen LogP contribution in [-0.4, -0.2) is 15.0 Å². The summed E-state index contributed by atoms with van der Waals surface area (Å²) >= 11 is 0. The minimum absolute atomic E-state index is 0.575. The van der Waals surface area contributed by atoms with Crippen molar-refractivity contribution in [2.75, 3.05) is 4.90 Å². The van der Waals surface area contributed by atoms with Crippen molar-refractivity contribution >= 4 is 82.5 Å². The molecule has 12 rings (SSSR count). The van der Waals surface area contributed by atoms with Crippen LogP contribution in [0.15, 0.2) is 203 Å². The number of aromatic nitrogens is 3. The number of fused-ring (bicyclic) bond motifs is 9. The largest absolute Gasteiger partial charge is 0.456 e. The van der Waals surface area contributed by atoms with E-state index in [4.69, 9.17) is 23.8 Å². The first kappa shape index (κ1) is 33.1. The molecular formula is C53H32N4O2. The van der Waals surface area contributed by atoms with Gasteiger partial charge in [0.25, 0.3) is 0 Å². The number of furan rings is 2. The third kappa shape index (κ3) is 5.38. The van der Waals surface area contributed by atoms with Crippen LogP contribution in [0.3, 0.4) is 0 Å². The van der Waals surface area contributed by atoms with E-state index in [1.165, 1.54) is 0 Å². The summed E-state index contributed by atoms with van der Waals surface area (Å²) in [5, 5.41) is 8.50. The monoisotopic (exact) mass is 756 g/mol. The first-order valence-corrected chi connectivity index (χ1v) is 19.7. The average molecular weight is 757 g/mol. The first-order chi connectivity index (χ1) is 29.2. The van der Waals surface area contributed by atoms with Crippen molar-refractivity contribution in [1.29, 1.82) is 0 Å². The summed E-state index contributed by atoms with van der Waals surface area (Å²) in [7, 11) is 0. The lowest BCUT2D eigenvalue weighted by molar-refractivity contribution is 0.667. The van der Waals surface area contributed by atoms with Gasteiger partial charge in [0, 0.05) is 55.4 Å². The number of rotatable bonds is 6. The maximum Gasteiger partial charge on any atom is 0.164 e. The predicted octanol–water partition coefficient (Wildman–Crippen LogP) is 14.4. The minimum atomic E-state index is 0.575. The second kappa shape index (κ2) is 13.3. The standard InChI is InChI=1S/C53H32N4O2/c1-3-16-34(17-4-1)51-54-52(36-30-29-33-15-7-8-18-35(33)31-36)56-53(55-51)42-25-14-28-46-49(42)48-40-23-10-9-21-38(40)44(32-47(48)58-46)57(37-19-5-2-6-20-37)43-26-13-24-41-39-22-11-12-27-45(39)59-50(41)43/h1-32H. The van der Waals surface area contributed by atoms with Gasteiger partial charge in [-0.25, -0.2) is 15.0 Å². The van der Waals surface area contributed by atoms with Gasteiger partial charge < -0.3 is 13.7 Å². The molecule has 6 nitrogen and oxygen atoms in total. The molecule has 0 N–H and O–H groups in total. The molecule has 59 heavy (non-hydrogen) atoms. The molecule has 3 aromatic heterocycles. The van der Waals surface area contributed by atoms with E-state index >= 15 is 0 Å². The van der Waals surface area contributed by atoms with Gasteiger partial charge in [0.2, 0.25) is 0 Å². The lowest BCUT2D eigenvalue weighted by Gasteiger charge is -2.27. The van der Waals surface area contributed by atoms with Crippen LogP contribution in [0.25, 0.3) is 99.6 Å². The molecule has 0 aliphatic heterocycles. The van der Waals surface area contributed by atoms with E-state index in [-0.39, 0.29) is 0 Å². The fraction of sp³-hybridized carbons (Fsp3) is 0. The summed E-state index contributed by atoms with van der Waals surface area (Å²) in [5.41, 5.74) is 8.79. The molecule has 3 heterocycles. The van der Waals surface area contributed by atoms with E-state index in [1.807, 2.05) is 60.7 Å². The summed E-state index contributed by atoms with van der Waals surface area (Å²) < 4.78 is 13.5. The molecule has 0 saturated heterocycles. The van der Waals surface area contributed by atoms with E-state index in [1.54, 1.807) is 0 Å². The van der Waals surface area contributed by atoms with Gasteiger partial charge in [0.1, 0.15) is 16.7 Å². The topological polar surface area (TPSA) is 68.2 Å². The molecule has 0 atom stereocenters. The molecule has 12 aromatic rings. The lowest BCUT2D eigenvalue weighted by Crippen LogP contribution is -2.10. The molecular weight excluding hydrogens is 725 g/mol. The normalized spacial score (nSPS) is 11.7. The second-order valence-electron chi connectivity index (χ2n) is 14.8. The van der Waals surface area contributed by atoms with E-state index in [9.17, 15) is 0 Å². The van der Waals surface area contributed by atoms with Crippen molar-refractivity contribution in [2.24, 2.45) is 0 Å². The highest BCUT2D eigenvalue weighted by Gasteiger charge is 2.25. The van der Waals surface area contributed by atoms with E-state index in [0.29, 0.717) is 17.5 Å². The maximum atomic E-state index is 6.88. The minimum Gasteiger partial charge on any atom is -0.456 e.